The van der Waals surface area contributed by atoms with E-state index in [-0.39, 0.29) is 11.9 Å². The van der Waals surface area contributed by atoms with Gasteiger partial charge in [-0.2, -0.15) is 0 Å². The van der Waals surface area contributed by atoms with E-state index in [1.807, 2.05) is 13.0 Å². The first-order chi connectivity index (χ1) is 16.6. The van der Waals surface area contributed by atoms with Crippen molar-refractivity contribution in [1.82, 2.24) is 10.2 Å². The molecule has 1 heterocycles. The van der Waals surface area contributed by atoms with Crippen LogP contribution in [0, 0.1) is 6.92 Å². The van der Waals surface area contributed by atoms with Gasteiger partial charge in [0, 0.05) is 19.6 Å². The molecule has 1 aliphatic heterocycles. The van der Waals surface area contributed by atoms with E-state index < -0.39 is 6.10 Å². The second kappa shape index (κ2) is 11.2. The minimum Gasteiger partial charge on any atom is -0.481 e. The summed E-state index contributed by atoms with van der Waals surface area (Å²) in [6.45, 7) is 10.1. The van der Waals surface area contributed by atoms with Crippen LogP contribution in [0.3, 0.4) is 0 Å². The molecule has 4 nitrogen and oxygen atoms in total. The summed E-state index contributed by atoms with van der Waals surface area (Å²) in [7, 11) is 0. The Labute approximate surface area is 203 Å². The summed E-state index contributed by atoms with van der Waals surface area (Å²) in [6, 6.07) is 25.9. The number of fused-ring (bicyclic) bond motifs is 1. The highest BCUT2D eigenvalue weighted by Gasteiger charge is 2.29. The summed E-state index contributed by atoms with van der Waals surface area (Å²) in [6.07, 6.45) is 2.74. The van der Waals surface area contributed by atoms with Crippen LogP contribution in [0.25, 0.3) is 0 Å². The van der Waals surface area contributed by atoms with E-state index in [1.54, 1.807) is 6.08 Å². The van der Waals surface area contributed by atoms with Gasteiger partial charge < -0.3 is 10.1 Å². The minimum atomic E-state index is -0.528. The molecule has 3 aromatic rings. The highest BCUT2D eigenvalue weighted by Crippen LogP contribution is 2.38. The molecule has 3 aromatic carbocycles. The van der Waals surface area contributed by atoms with Crippen molar-refractivity contribution in [3.8, 4) is 5.75 Å². The fourth-order valence-electron chi connectivity index (χ4n) is 4.73. The predicted octanol–water partition coefficient (Wildman–Crippen LogP) is 5.60. The average Bonchev–Trinajstić information content (AvgIpc) is 2.86. The fourth-order valence-corrected chi connectivity index (χ4v) is 4.73. The van der Waals surface area contributed by atoms with Gasteiger partial charge in [-0.15, -0.1) is 6.58 Å². The molecule has 0 bridgehead atoms. The van der Waals surface area contributed by atoms with Gasteiger partial charge in [-0.05, 0) is 54.2 Å². The standard InChI is InChI=1S/C30H34N2O2/c1-4-17-31-30(33)28(5-2)34-26-15-14-24-16-18-32(21-23-11-9-10-22(3)19-23)29(27(24)20-26)25-12-7-6-8-13-25/h4,6-15,19-20,28-29H,1,5,16-18,21H2,2-3H3,(H,31,33)/t28-,29+/m1/s1. The van der Waals surface area contributed by atoms with Crippen molar-refractivity contribution < 1.29 is 9.53 Å². The molecule has 1 aliphatic rings. The molecular weight excluding hydrogens is 420 g/mol. The van der Waals surface area contributed by atoms with Crippen molar-refractivity contribution in [2.45, 2.75) is 45.4 Å². The zero-order valence-corrected chi connectivity index (χ0v) is 20.2. The number of benzene rings is 3. The predicted molar refractivity (Wildman–Crippen MR) is 138 cm³/mol. The number of hydrogen-bond donors (Lipinski definition) is 1. The number of aryl methyl sites for hydroxylation is 1. The Morgan fingerprint density at radius 3 is 2.71 bits per heavy atom. The lowest BCUT2D eigenvalue weighted by Crippen LogP contribution is -2.38. The van der Waals surface area contributed by atoms with E-state index in [1.165, 1.54) is 27.8 Å². The fraction of sp³-hybridized carbons (Fsp3) is 0.300. The smallest absolute Gasteiger partial charge is 0.261 e. The molecule has 0 unspecified atom stereocenters. The van der Waals surface area contributed by atoms with Crippen LogP contribution in [0.1, 0.15) is 47.2 Å². The second-order valence-electron chi connectivity index (χ2n) is 8.93. The molecule has 4 heteroatoms. The molecule has 0 aliphatic carbocycles. The van der Waals surface area contributed by atoms with Gasteiger partial charge in [0.1, 0.15) is 5.75 Å². The summed E-state index contributed by atoms with van der Waals surface area (Å²) in [5.74, 6) is 0.624. The Morgan fingerprint density at radius 2 is 1.97 bits per heavy atom. The molecule has 0 radical (unpaired) electrons. The largest absolute Gasteiger partial charge is 0.481 e. The molecule has 176 valence electrons. The molecule has 0 saturated heterocycles. The van der Waals surface area contributed by atoms with E-state index in [9.17, 15) is 4.79 Å². The third kappa shape index (κ3) is 5.57. The molecule has 4 rings (SSSR count). The molecule has 0 spiro atoms. The van der Waals surface area contributed by atoms with Crippen molar-refractivity contribution >= 4 is 5.91 Å². The van der Waals surface area contributed by atoms with Gasteiger partial charge in [0.2, 0.25) is 0 Å². The summed E-state index contributed by atoms with van der Waals surface area (Å²) in [5, 5.41) is 2.85. The Balaban J connectivity index is 1.65. The Kier molecular flexibility index (Phi) is 7.81. The van der Waals surface area contributed by atoms with Crippen LogP contribution >= 0.6 is 0 Å². The average molecular weight is 455 g/mol. The lowest BCUT2D eigenvalue weighted by molar-refractivity contribution is -0.127. The van der Waals surface area contributed by atoms with Crippen molar-refractivity contribution in [3.63, 3.8) is 0 Å². The number of carbonyl (C=O) groups is 1. The molecule has 0 fully saturated rings. The maximum Gasteiger partial charge on any atom is 0.261 e. The van der Waals surface area contributed by atoms with Crippen molar-refractivity contribution in [3.05, 3.63) is 113 Å². The van der Waals surface area contributed by atoms with E-state index in [2.05, 4.69) is 90.4 Å². The summed E-state index contributed by atoms with van der Waals surface area (Å²) in [4.78, 5) is 15.0. The number of amides is 1. The summed E-state index contributed by atoms with van der Waals surface area (Å²) < 4.78 is 6.18. The van der Waals surface area contributed by atoms with Crippen molar-refractivity contribution in [2.75, 3.05) is 13.1 Å². The molecule has 0 aromatic heterocycles. The van der Waals surface area contributed by atoms with Crippen molar-refractivity contribution in [2.24, 2.45) is 0 Å². The van der Waals surface area contributed by atoms with Crippen LogP contribution in [-0.2, 0) is 17.8 Å². The zero-order valence-electron chi connectivity index (χ0n) is 20.2. The number of carbonyl (C=O) groups excluding carboxylic acids is 1. The zero-order chi connectivity index (χ0) is 23.9. The molecule has 0 saturated carbocycles. The van der Waals surface area contributed by atoms with Crippen LogP contribution in [0.5, 0.6) is 5.75 Å². The Morgan fingerprint density at radius 1 is 1.15 bits per heavy atom. The van der Waals surface area contributed by atoms with Gasteiger partial charge in [-0.25, -0.2) is 0 Å². The van der Waals surface area contributed by atoms with Gasteiger partial charge in [0.25, 0.3) is 5.91 Å². The van der Waals surface area contributed by atoms with Crippen LogP contribution < -0.4 is 10.1 Å². The quantitative estimate of drug-likeness (QED) is 0.428. The first kappa shape index (κ1) is 23.8. The van der Waals surface area contributed by atoms with Gasteiger partial charge >= 0.3 is 0 Å². The number of ether oxygens (including phenoxy) is 1. The maximum atomic E-state index is 12.5. The third-order valence-electron chi connectivity index (χ3n) is 6.39. The van der Waals surface area contributed by atoms with Crippen LogP contribution in [0.15, 0.2) is 85.5 Å². The summed E-state index contributed by atoms with van der Waals surface area (Å²) in [5.41, 5.74) is 6.46. The maximum absolute atomic E-state index is 12.5. The number of hydrogen-bond acceptors (Lipinski definition) is 3. The number of nitrogens with zero attached hydrogens (tertiary/aromatic N) is 1. The van der Waals surface area contributed by atoms with Crippen LogP contribution in [0.4, 0.5) is 0 Å². The normalized spacial score (nSPS) is 16.4. The summed E-state index contributed by atoms with van der Waals surface area (Å²) >= 11 is 0. The Hall–Kier alpha value is -3.37. The third-order valence-corrected chi connectivity index (χ3v) is 6.39. The van der Waals surface area contributed by atoms with Crippen LogP contribution in [-0.4, -0.2) is 30.0 Å². The SMILES string of the molecule is C=CCNC(=O)[C@@H](CC)Oc1ccc2c(c1)[C@H](c1ccccc1)N(Cc1cccc(C)c1)CC2. The first-order valence-corrected chi connectivity index (χ1v) is 12.1. The first-order valence-electron chi connectivity index (χ1n) is 12.1. The molecule has 34 heavy (non-hydrogen) atoms. The Bertz CT molecular complexity index is 1130. The van der Waals surface area contributed by atoms with Crippen molar-refractivity contribution in [1.29, 1.82) is 0 Å². The minimum absolute atomic E-state index is 0.110. The van der Waals surface area contributed by atoms with Gasteiger partial charge in [-0.1, -0.05) is 79.2 Å². The monoisotopic (exact) mass is 454 g/mol. The highest BCUT2D eigenvalue weighted by molar-refractivity contribution is 5.81. The topological polar surface area (TPSA) is 41.6 Å². The van der Waals surface area contributed by atoms with E-state index in [4.69, 9.17) is 4.74 Å². The molecular formula is C30H34N2O2. The lowest BCUT2D eigenvalue weighted by atomic mass is 9.87. The number of rotatable bonds is 9. The second-order valence-corrected chi connectivity index (χ2v) is 8.93. The highest BCUT2D eigenvalue weighted by atomic mass is 16.5. The van der Waals surface area contributed by atoms with Crippen LogP contribution in [0.2, 0.25) is 0 Å². The van der Waals surface area contributed by atoms with Gasteiger partial charge in [0.15, 0.2) is 6.10 Å². The van der Waals surface area contributed by atoms with Gasteiger partial charge in [0.05, 0.1) is 6.04 Å². The van der Waals surface area contributed by atoms with E-state index in [0.717, 1.165) is 25.3 Å². The number of nitrogens with one attached hydrogen (secondary N) is 1. The van der Waals surface area contributed by atoms with Gasteiger partial charge in [-0.3, -0.25) is 9.69 Å². The van der Waals surface area contributed by atoms with E-state index in [0.29, 0.717) is 13.0 Å². The molecule has 1 N–H and O–H groups in total. The van der Waals surface area contributed by atoms with E-state index >= 15 is 0 Å². The molecule has 2 atom stereocenters. The molecule has 1 amide bonds. The lowest BCUT2D eigenvalue weighted by Gasteiger charge is -2.38.